The molecular weight excluding hydrogens is 522 g/mol. The van der Waals surface area contributed by atoms with E-state index < -0.39 is 5.54 Å². The van der Waals surface area contributed by atoms with Crippen LogP contribution in [0.25, 0.3) is 10.9 Å². The van der Waals surface area contributed by atoms with Gasteiger partial charge in [0.15, 0.2) is 0 Å². The molecule has 10 heteroatoms. The molecule has 41 heavy (non-hydrogen) atoms. The van der Waals surface area contributed by atoms with Gasteiger partial charge in [0.1, 0.15) is 29.8 Å². The van der Waals surface area contributed by atoms with Crippen molar-refractivity contribution in [2.45, 2.75) is 51.7 Å². The normalized spacial score (nSPS) is 12.5. The summed E-state index contributed by atoms with van der Waals surface area (Å²) in [7, 11) is 4.71. The molecule has 0 amide bonds. The second-order valence-electron chi connectivity index (χ2n) is 10.3. The molecule has 0 aliphatic rings. The lowest BCUT2D eigenvalue weighted by atomic mass is 9.95. The van der Waals surface area contributed by atoms with Gasteiger partial charge in [-0.05, 0) is 54.8 Å². The molecule has 2 aromatic carbocycles. The van der Waals surface area contributed by atoms with Gasteiger partial charge in [-0.2, -0.15) is 9.71 Å². The van der Waals surface area contributed by atoms with Crippen molar-refractivity contribution in [3.8, 4) is 11.5 Å². The Morgan fingerprint density at radius 1 is 0.927 bits per heavy atom. The van der Waals surface area contributed by atoms with E-state index in [1.807, 2.05) is 55.5 Å². The van der Waals surface area contributed by atoms with E-state index in [9.17, 15) is 9.90 Å². The molecule has 0 unspecified atom stereocenters. The summed E-state index contributed by atoms with van der Waals surface area (Å²) >= 11 is 0. The van der Waals surface area contributed by atoms with Gasteiger partial charge in [0.2, 0.25) is 5.95 Å². The largest absolute Gasteiger partial charge is 0.497 e. The van der Waals surface area contributed by atoms with Crippen molar-refractivity contribution in [3.05, 3.63) is 82.3 Å². The number of aliphatic hydroxyl groups is 1. The number of benzene rings is 2. The Kier molecular flexibility index (Phi) is 9.67. The van der Waals surface area contributed by atoms with Gasteiger partial charge in [0.25, 0.3) is 5.56 Å². The van der Waals surface area contributed by atoms with E-state index >= 15 is 0 Å². The van der Waals surface area contributed by atoms with Crippen LogP contribution in [-0.4, -0.2) is 53.3 Å². The third-order valence-corrected chi connectivity index (χ3v) is 7.10. The topological polar surface area (TPSA) is 111 Å². The summed E-state index contributed by atoms with van der Waals surface area (Å²) in [5.74, 6) is 2.34. The van der Waals surface area contributed by atoms with E-state index in [1.165, 1.54) is 7.11 Å². The molecule has 0 aliphatic heterocycles. The van der Waals surface area contributed by atoms with Crippen LogP contribution in [0.2, 0.25) is 0 Å². The molecule has 10 nitrogen and oxygen atoms in total. The fourth-order valence-electron chi connectivity index (χ4n) is 4.62. The first kappa shape index (κ1) is 29.7. The average Bonchev–Trinajstić information content (AvgIpc) is 3.00. The summed E-state index contributed by atoms with van der Waals surface area (Å²) in [6, 6.07) is 17.4. The Balaban J connectivity index is 1.84. The smallest absolute Gasteiger partial charge is 0.296 e. The number of aliphatic hydroxyl groups excluding tert-OH is 1. The second kappa shape index (κ2) is 13.4. The Morgan fingerprint density at radius 2 is 1.51 bits per heavy atom. The first-order valence-electron chi connectivity index (χ1n) is 13.7. The summed E-state index contributed by atoms with van der Waals surface area (Å²) in [6.45, 7) is 4.91. The molecular formula is C31H39N5O5. The number of hydrogen-bond acceptors (Lipinski definition) is 9. The number of nitrogens with one attached hydrogen (secondary N) is 1. The van der Waals surface area contributed by atoms with Crippen LogP contribution in [-0.2, 0) is 13.1 Å². The molecule has 0 saturated carbocycles. The molecule has 0 fully saturated rings. The van der Waals surface area contributed by atoms with Crippen molar-refractivity contribution >= 4 is 22.7 Å². The Morgan fingerprint density at radius 3 is 2.00 bits per heavy atom. The van der Waals surface area contributed by atoms with Gasteiger partial charge in [0, 0.05) is 13.1 Å². The van der Waals surface area contributed by atoms with Gasteiger partial charge in [-0.3, -0.25) is 4.79 Å². The van der Waals surface area contributed by atoms with Crippen LogP contribution >= 0.6 is 0 Å². The molecule has 2 aromatic heterocycles. The minimum atomic E-state index is -0.689. The molecule has 0 bridgehead atoms. The zero-order valence-corrected chi connectivity index (χ0v) is 24.4. The first-order valence-corrected chi connectivity index (χ1v) is 13.7. The molecule has 2 heterocycles. The maximum atomic E-state index is 13.4. The molecule has 0 radical (unpaired) electrons. The van der Waals surface area contributed by atoms with E-state index in [0.29, 0.717) is 42.2 Å². The predicted octanol–water partition coefficient (Wildman–Crippen LogP) is 4.43. The Hall–Kier alpha value is -4.31. The van der Waals surface area contributed by atoms with E-state index in [-0.39, 0.29) is 12.2 Å². The standard InChI is InChI=1S/C31H39N5O5/c1-6-7-17-31(2,21-37)34-28-27-26(16-18-36(41-5)29(27)38)32-30(33-28)35(19-22-8-12-24(39-3)13-9-22)20-23-10-14-25(40-4)15-11-23/h8-16,18,37H,6-7,17,19-21H2,1-5H3,(H,32,33,34)/t31-/m1/s1. The monoisotopic (exact) mass is 561 g/mol. The van der Waals surface area contributed by atoms with Crippen molar-refractivity contribution in [1.82, 2.24) is 14.7 Å². The fraction of sp³-hybridized carbons (Fsp3) is 0.387. The minimum absolute atomic E-state index is 0.124. The predicted molar refractivity (Wildman–Crippen MR) is 161 cm³/mol. The molecule has 1 atom stereocenters. The van der Waals surface area contributed by atoms with E-state index in [4.69, 9.17) is 24.3 Å². The van der Waals surface area contributed by atoms with Gasteiger partial charge in [0.05, 0.1) is 38.1 Å². The van der Waals surface area contributed by atoms with Crippen LogP contribution in [0.5, 0.6) is 11.5 Å². The number of unbranched alkanes of at least 4 members (excludes halogenated alkanes) is 1. The Bertz CT molecular complexity index is 1440. The zero-order chi connectivity index (χ0) is 29.4. The quantitative estimate of drug-likeness (QED) is 0.231. The lowest BCUT2D eigenvalue weighted by molar-refractivity contribution is 0.158. The fourth-order valence-corrected chi connectivity index (χ4v) is 4.62. The maximum Gasteiger partial charge on any atom is 0.296 e. The number of ether oxygens (including phenoxy) is 2. The van der Waals surface area contributed by atoms with Crippen LogP contribution in [0.3, 0.4) is 0 Å². The summed E-state index contributed by atoms with van der Waals surface area (Å²) in [4.78, 5) is 30.4. The molecule has 0 aliphatic carbocycles. The number of nitrogens with zero attached hydrogens (tertiary/aromatic N) is 4. The van der Waals surface area contributed by atoms with E-state index in [0.717, 1.165) is 40.2 Å². The third-order valence-electron chi connectivity index (χ3n) is 7.10. The number of fused-ring (bicyclic) bond motifs is 1. The molecule has 0 spiro atoms. The third kappa shape index (κ3) is 7.07. The summed E-state index contributed by atoms with van der Waals surface area (Å²) in [6.07, 6.45) is 4.13. The van der Waals surface area contributed by atoms with Crippen LogP contribution in [0.15, 0.2) is 65.6 Å². The highest BCUT2D eigenvalue weighted by Gasteiger charge is 2.26. The average molecular weight is 562 g/mol. The van der Waals surface area contributed by atoms with Gasteiger partial charge in [-0.1, -0.05) is 44.0 Å². The van der Waals surface area contributed by atoms with Gasteiger partial charge >= 0.3 is 0 Å². The molecule has 218 valence electrons. The molecule has 4 aromatic rings. The minimum Gasteiger partial charge on any atom is -0.497 e. The number of aromatic nitrogens is 3. The van der Waals surface area contributed by atoms with Gasteiger partial charge in [-0.25, -0.2) is 4.98 Å². The van der Waals surface area contributed by atoms with Crippen molar-refractivity contribution < 1.29 is 19.4 Å². The summed E-state index contributed by atoms with van der Waals surface area (Å²) in [5.41, 5.74) is 1.48. The number of methoxy groups -OCH3 is 2. The molecule has 2 N–H and O–H groups in total. The number of pyridine rings is 1. The van der Waals surface area contributed by atoms with Crippen LogP contribution < -0.4 is 30.1 Å². The summed E-state index contributed by atoms with van der Waals surface area (Å²) < 4.78 is 11.8. The first-order chi connectivity index (χ1) is 19.8. The maximum absolute atomic E-state index is 13.4. The van der Waals surface area contributed by atoms with Crippen molar-refractivity contribution in [2.24, 2.45) is 0 Å². The van der Waals surface area contributed by atoms with E-state index in [2.05, 4.69) is 17.1 Å². The van der Waals surface area contributed by atoms with Crippen molar-refractivity contribution in [3.63, 3.8) is 0 Å². The number of anilines is 2. The molecule has 0 saturated heterocycles. The highest BCUT2D eigenvalue weighted by molar-refractivity contribution is 5.89. The summed E-state index contributed by atoms with van der Waals surface area (Å²) in [5, 5.41) is 14.0. The number of hydrogen-bond donors (Lipinski definition) is 2. The lowest BCUT2D eigenvalue weighted by Gasteiger charge is -2.31. The highest BCUT2D eigenvalue weighted by atomic mass is 16.6. The number of rotatable bonds is 14. The van der Waals surface area contributed by atoms with Crippen LogP contribution in [0, 0.1) is 0 Å². The van der Waals surface area contributed by atoms with Crippen LogP contribution in [0.4, 0.5) is 11.8 Å². The van der Waals surface area contributed by atoms with Crippen LogP contribution in [0.1, 0.15) is 44.2 Å². The second-order valence-corrected chi connectivity index (χ2v) is 10.3. The molecule has 4 rings (SSSR count). The highest BCUT2D eigenvalue weighted by Crippen LogP contribution is 2.28. The van der Waals surface area contributed by atoms with Crippen molar-refractivity contribution in [1.29, 1.82) is 0 Å². The van der Waals surface area contributed by atoms with Gasteiger partial charge in [-0.15, -0.1) is 0 Å². The van der Waals surface area contributed by atoms with Gasteiger partial charge < -0.3 is 29.6 Å². The van der Waals surface area contributed by atoms with Crippen molar-refractivity contribution in [2.75, 3.05) is 38.2 Å². The van der Waals surface area contributed by atoms with E-state index in [1.54, 1.807) is 26.5 Å². The Labute approximate surface area is 240 Å². The SMILES string of the molecule is CCCC[C@](C)(CO)Nc1nc(N(Cc2ccc(OC)cc2)Cc2ccc(OC)cc2)nc2ccn(OC)c(=O)c12. The zero-order valence-electron chi connectivity index (χ0n) is 24.4. The lowest BCUT2D eigenvalue weighted by Crippen LogP contribution is -2.40.